The van der Waals surface area contributed by atoms with Gasteiger partial charge in [0.15, 0.2) is 5.96 Å². The van der Waals surface area contributed by atoms with Crippen LogP contribution in [-0.4, -0.2) is 30.3 Å². The normalized spacial score (nSPS) is 28.5. The highest BCUT2D eigenvalue weighted by atomic mass is 16.3. The van der Waals surface area contributed by atoms with Gasteiger partial charge in [0.1, 0.15) is 0 Å². The molecule has 3 aliphatic rings. The Morgan fingerprint density at radius 2 is 1.76 bits per heavy atom. The SMILES string of the molecule is NC(=NCC1(CO)CC2(CCC2)C1)NC1CCCCCC1. The summed E-state index contributed by atoms with van der Waals surface area (Å²) in [5.41, 5.74) is 6.66. The maximum Gasteiger partial charge on any atom is 0.188 e. The first-order chi connectivity index (χ1) is 10.2. The molecule has 3 rings (SSSR count). The monoisotopic (exact) mass is 293 g/mol. The van der Waals surface area contributed by atoms with Crippen molar-refractivity contribution in [1.29, 1.82) is 0 Å². The van der Waals surface area contributed by atoms with Crippen molar-refractivity contribution < 1.29 is 5.11 Å². The fourth-order valence-electron chi connectivity index (χ4n) is 4.77. The molecule has 0 aromatic heterocycles. The van der Waals surface area contributed by atoms with Gasteiger partial charge in [-0.2, -0.15) is 0 Å². The van der Waals surface area contributed by atoms with Gasteiger partial charge in [-0.15, -0.1) is 0 Å². The molecule has 120 valence electrons. The molecule has 4 N–H and O–H groups in total. The number of aliphatic hydroxyl groups is 1. The van der Waals surface area contributed by atoms with Gasteiger partial charge in [-0.3, -0.25) is 4.99 Å². The van der Waals surface area contributed by atoms with Crippen molar-refractivity contribution in [3.8, 4) is 0 Å². The van der Waals surface area contributed by atoms with Gasteiger partial charge < -0.3 is 16.2 Å². The van der Waals surface area contributed by atoms with E-state index in [2.05, 4.69) is 10.3 Å². The van der Waals surface area contributed by atoms with Crippen LogP contribution in [0.3, 0.4) is 0 Å². The maximum absolute atomic E-state index is 9.73. The highest BCUT2D eigenvalue weighted by Gasteiger charge is 2.56. The molecule has 3 fully saturated rings. The molecule has 3 saturated carbocycles. The molecule has 3 aliphatic carbocycles. The molecule has 0 atom stereocenters. The van der Waals surface area contributed by atoms with E-state index in [9.17, 15) is 5.11 Å². The Balaban J connectivity index is 1.47. The molecule has 1 spiro atoms. The second-order valence-corrected chi connectivity index (χ2v) is 7.90. The molecule has 0 bridgehead atoms. The Morgan fingerprint density at radius 3 is 2.29 bits per heavy atom. The van der Waals surface area contributed by atoms with E-state index in [0.717, 1.165) is 12.8 Å². The summed E-state index contributed by atoms with van der Waals surface area (Å²) >= 11 is 0. The number of hydrogen-bond donors (Lipinski definition) is 3. The van der Waals surface area contributed by atoms with Crippen LogP contribution in [0.4, 0.5) is 0 Å². The van der Waals surface area contributed by atoms with Crippen LogP contribution in [-0.2, 0) is 0 Å². The van der Waals surface area contributed by atoms with Crippen molar-refractivity contribution in [3.63, 3.8) is 0 Å². The summed E-state index contributed by atoms with van der Waals surface area (Å²) in [4.78, 5) is 4.56. The fourth-order valence-corrected chi connectivity index (χ4v) is 4.77. The molecule has 0 aromatic carbocycles. The predicted octanol–water partition coefficient (Wildman–Crippen LogP) is 2.56. The lowest BCUT2D eigenvalue weighted by Gasteiger charge is -2.60. The second-order valence-electron chi connectivity index (χ2n) is 7.90. The molecular weight excluding hydrogens is 262 g/mol. The fraction of sp³-hybridized carbons (Fsp3) is 0.941. The van der Waals surface area contributed by atoms with E-state index >= 15 is 0 Å². The lowest BCUT2D eigenvalue weighted by molar-refractivity contribution is -0.115. The summed E-state index contributed by atoms with van der Waals surface area (Å²) in [7, 11) is 0. The zero-order valence-electron chi connectivity index (χ0n) is 13.2. The number of aliphatic hydroxyl groups excluding tert-OH is 1. The third-order valence-electron chi connectivity index (χ3n) is 6.04. The molecular formula is C17H31N3O. The molecule has 4 heteroatoms. The van der Waals surface area contributed by atoms with Crippen molar-refractivity contribution in [2.24, 2.45) is 21.6 Å². The minimum absolute atomic E-state index is 0.0240. The van der Waals surface area contributed by atoms with Gasteiger partial charge in [0.2, 0.25) is 0 Å². The maximum atomic E-state index is 9.73. The minimum Gasteiger partial charge on any atom is -0.396 e. The minimum atomic E-state index is 0.0240. The van der Waals surface area contributed by atoms with Crippen LogP contribution >= 0.6 is 0 Å². The van der Waals surface area contributed by atoms with Crippen LogP contribution < -0.4 is 11.1 Å². The van der Waals surface area contributed by atoms with Gasteiger partial charge in [0.05, 0.1) is 13.2 Å². The number of hydrogen-bond acceptors (Lipinski definition) is 2. The van der Waals surface area contributed by atoms with Crippen molar-refractivity contribution in [2.45, 2.75) is 76.7 Å². The average Bonchev–Trinajstić information content (AvgIpc) is 2.65. The van der Waals surface area contributed by atoms with E-state index in [-0.39, 0.29) is 12.0 Å². The first kappa shape index (κ1) is 15.1. The number of nitrogens with two attached hydrogens (primary N) is 1. The molecule has 0 aliphatic heterocycles. The molecule has 0 radical (unpaired) electrons. The van der Waals surface area contributed by atoms with E-state index in [1.165, 1.54) is 57.8 Å². The van der Waals surface area contributed by atoms with Crippen LogP contribution in [0, 0.1) is 10.8 Å². The van der Waals surface area contributed by atoms with E-state index in [1.54, 1.807) is 0 Å². The largest absolute Gasteiger partial charge is 0.396 e. The first-order valence-electron chi connectivity index (χ1n) is 8.83. The average molecular weight is 293 g/mol. The highest BCUT2D eigenvalue weighted by molar-refractivity contribution is 5.78. The van der Waals surface area contributed by atoms with Gasteiger partial charge in [0, 0.05) is 11.5 Å². The highest BCUT2D eigenvalue weighted by Crippen LogP contribution is 2.64. The number of guanidine groups is 1. The molecule has 0 heterocycles. The summed E-state index contributed by atoms with van der Waals surface area (Å²) in [6.07, 6.45) is 14.1. The van der Waals surface area contributed by atoms with Crippen LogP contribution in [0.25, 0.3) is 0 Å². The lowest BCUT2D eigenvalue weighted by atomic mass is 9.45. The standard InChI is InChI=1S/C17H31N3O/c18-15(20-14-6-3-1-2-4-7-14)19-12-17(13-21)10-16(11-17)8-5-9-16/h14,21H,1-13H2,(H3,18,19,20). The Labute approximate surface area is 128 Å². The number of aliphatic imine (C=N–C) groups is 1. The van der Waals surface area contributed by atoms with E-state index in [1.807, 2.05) is 0 Å². The second kappa shape index (κ2) is 6.15. The predicted molar refractivity (Wildman–Crippen MR) is 86.2 cm³/mol. The quantitative estimate of drug-likeness (QED) is 0.424. The smallest absolute Gasteiger partial charge is 0.188 e. The Hall–Kier alpha value is -0.770. The van der Waals surface area contributed by atoms with Crippen LogP contribution in [0.15, 0.2) is 4.99 Å². The molecule has 0 unspecified atom stereocenters. The van der Waals surface area contributed by atoms with Crippen molar-refractivity contribution >= 4 is 5.96 Å². The first-order valence-corrected chi connectivity index (χ1v) is 8.83. The Kier molecular flexibility index (Phi) is 4.43. The molecule has 4 nitrogen and oxygen atoms in total. The van der Waals surface area contributed by atoms with Crippen LogP contribution in [0.1, 0.15) is 70.6 Å². The summed E-state index contributed by atoms with van der Waals surface area (Å²) in [6, 6.07) is 0.501. The van der Waals surface area contributed by atoms with E-state index in [0.29, 0.717) is 24.0 Å². The Morgan fingerprint density at radius 1 is 1.10 bits per heavy atom. The zero-order valence-corrected chi connectivity index (χ0v) is 13.2. The topological polar surface area (TPSA) is 70.6 Å². The number of rotatable bonds is 4. The summed E-state index contributed by atoms with van der Waals surface area (Å²) < 4.78 is 0. The van der Waals surface area contributed by atoms with Crippen molar-refractivity contribution in [2.75, 3.05) is 13.2 Å². The summed E-state index contributed by atoms with van der Waals surface area (Å²) in [5.74, 6) is 0.587. The summed E-state index contributed by atoms with van der Waals surface area (Å²) in [6.45, 7) is 0.950. The van der Waals surface area contributed by atoms with Crippen molar-refractivity contribution in [3.05, 3.63) is 0 Å². The van der Waals surface area contributed by atoms with Gasteiger partial charge in [0.25, 0.3) is 0 Å². The van der Waals surface area contributed by atoms with Gasteiger partial charge in [-0.25, -0.2) is 0 Å². The molecule has 21 heavy (non-hydrogen) atoms. The van der Waals surface area contributed by atoms with Crippen LogP contribution in [0.2, 0.25) is 0 Å². The van der Waals surface area contributed by atoms with E-state index < -0.39 is 0 Å². The molecule has 0 amide bonds. The molecule has 0 saturated heterocycles. The molecule has 0 aromatic rings. The van der Waals surface area contributed by atoms with Gasteiger partial charge in [-0.05, 0) is 43.9 Å². The third kappa shape index (κ3) is 3.36. The number of nitrogens with zero attached hydrogens (tertiary/aromatic N) is 1. The lowest BCUT2D eigenvalue weighted by Crippen LogP contribution is -2.54. The van der Waals surface area contributed by atoms with Crippen molar-refractivity contribution in [1.82, 2.24) is 5.32 Å². The zero-order chi connectivity index (χ0) is 14.8. The van der Waals surface area contributed by atoms with Gasteiger partial charge >= 0.3 is 0 Å². The Bertz CT molecular complexity index is 373. The number of nitrogens with one attached hydrogen (secondary N) is 1. The van der Waals surface area contributed by atoms with Crippen LogP contribution in [0.5, 0.6) is 0 Å². The van der Waals surface area contributed by atoms with Gasteiger partial charge in [-0.1, -0.05) is 32.1 Å². The van der Waals surface area contributed by atoms with E-state index in [4.69, 9.17) is 5.73 Å². The third-order valence-corrected chi connectivity index (χ3v) is 6.04. The summed E-state index contributed by atoms with van der Waals surface area (Å²) in [5, 5.41) is 13.1.